The number of halogens is 2. The fourth-order valence-corrected chi connectivity index (χ4v) is 5.10. The summed E-state index contributed by atoms with van der Waals surface area (Å²) in [6.07, 6.45) is 2.45. The first-order chi connectivity index (χ1) is 9.89. The molecule has 0 bridgehead atoms. The third-order valence-electron chi connectivity index (χ3n) is 3.97. The molecular formula is C13H17Cl2N3O2S. The van der Waals surface area contributed by atoms with Crippen LogP contribution in [0.4, 0.5) is 5.69 Å². The van der Waals surface area contributed by atoms with Gasteiger partial charge in [0.25, 0.3) is 0 Å². The van der Waals surface area contributed by atoms with Gasteiger partial charge < -0.3 is 5.73 Å². The molecule has 0 spiro atoms. The summed E-state index contributed by atoms with van der Waals surface area (Å²) < 4.78 is 26.9. The van der Waals surface area contributed by atoms with Crippen LogP contribution in [-0.4, -0.2) is 49.8 Å². The Hall–Kier alpha value is -0.530. The lowest BCUT2D eigenvalue weighted by Crippen LogP contribution is -2.49. The number of rotatable bonds is 3. The molecule has 1 aliphatic heterocycles. The molecular weight excluding hydrogens is 333 g/mol. The van der Waals surface area contributed by atoms with Crippen LogP contribution in [0.5, 0.6) is 0 Å². The second-order valence-corrected chi connectivity index (χ2v) is 8.20. The molecule has 0 unspecified atom stereocenters. The predicted octanol–water partition coefficient (Wildman–Crippen LogP) is 2.04. The zero-order valence-electron chi connectivity index (χ0n) is 11.4. The fourth-order valence-electron chi connectivity index (χ4n) is 2.73. The maximum absolute atomic E-state index is 12.7. The molecule has 21 heavy (non-hydrogen) atoms. The molecule has 0 radical (unpaired) electrons. The Kier molecular flexibility index (Phi) is 4.09. The summed E-state index contributed by atoms with van der Waals surface area (Å²) in [5, 5.41) is 0.402. The van der Waals surface area contributed by atoms with Gasteiger partial charge in [0.1, 0.15) is 4.90 Å². The number of hydrogen-bond donors (Lipinski definition) is 1. The zero-order valence-corrected chi connectivity index (χ0v) is 13.8. The van der Waals surface area contributed by atoms with Crippen molar-refractivity contribution in [3.05, 3.63) is 22.2 Å². The van der Waals surface area contributed by atoms with Crippen LogP contribution in [0.2, 0.25) is 10.0 Å². The van der Waals surface area contributed by atoms with E-state index in [1.807, 2.05) is 0 Å². The topological polar surface area (TPSA) is 66.6 Å². The predicted molar refractivity (Wildman–Crippen MR) is 84.2 cm³/mol. The van der Waals surface area contributed by atoms with E-state index in [0.717, 1.165) is 13.1 Å². The van der Waals surface area contributed by atoms with Crippen LogP contribution in [0.25, 0.3) is 0 Å². The van der Waals surface area contributed by atoms with Crippen molar-refractivity contribution >= 4 is 38.9 Å². The minimum atomic E-state index is -3.68. The summed E-state index contributed by atoms with van der Waals surface area (Å²) in [6.45, 7) is 2.46. The normalized spacial score (nSPS) is 21.6. The Morgan fingerprint density at radius 2 is 1.71 bits per heavy atom. The first kappa shape index (κ1) is 15.4. The maximum Gasteiger partial charge on any atom is 0.246 e. The first-order valence-corrected chi connectivity index (χ1v) is 9.08. The van der Waals surface area contributed by atoms with Crippen molar-refractivity contribution in [2.45, 2.75) is 23.8 Å². The van der Waals surface area contributed by atoms with Gasteiger partial charge in [0.2, 0.25) is 10.0 Å². The van der Waals surface area contributed by atoms with E-state index in [0.29, 0.717) is 24.2 Å². The van der Waals surface area contributed by atoms with E-state index < -0.39 is 10.0 Å². The van der Waals surface area contributed by atoms with Crippen molar-refractivity contribution in [2.75, 3.05) is 31.9 Å². The zero-order chi connectivity index (χ0) is 15.2. The largest absolute Gasteiger partial charge is 0.398 e. The monoisotopic (exact) mass is 349 g/mol. The summed E-state index contributed by atoms with van der Waals surface area (Å²) in [5.41, 5.74) is 5.91. The minimum absolute atomic E-state index is 0.0339. The lowest BCUT2D eigenvalue weighted by Gasteiger charge is -2.34. The molecule has 1 saturated carbocycles. The number of sulfonamides is 1. The molecule has 2 fully saturated rings. The third kappa shape index (κ3) is 3.00. The van der Waals surface area contributed by atoms with E-state index >= 15 is 0 Å². The van der Waals surface area contributed by atoms with E-state index in [1.54, 1.807) is 0 Å². The van der Waals surface area contributed by atoms with Gasteiger partial charge in [-0.2, -0.15) is 4.31 Å². The van der Waals surface area contributed by atoms with Crippen molar-refractivity contribution in [1.29, 1.82) is 0 Å². The molecule has 8 heteroatoms. The second kappa shape index (κ2) is 5.59. The molecule has 1 saturated heterocycles. The Morgan fingerprint density at radius 3 is 2.24 bits per heavy atom. The van der Waals surface area contributed by atoms with Gasteiger partial charge in [-0.25, -0.2) is 8.42 Å². The van der Waals surface area contributed by atoms with E-state index in [1.165, 1.54) is 29.3 Å². The number of nitrogen functional groups attached to an aromatic ring is 1. The van der Waals surface area contributed by atoms with Crippen LogP contribution >= 0.6 is 23.2 Å². The molecule has 0 amide bonds. The summed E-state index contributed by atoms with van der Waals surface area (Å²) in [5.74, 6) is 0. The van der Waals surface area contributed by atoms with Gasteiger partial charge in [-0.1, -0.05) is 23.2 Å². The number of piperazine rings is 1. The second-order valence-electron chi connectivity index (χ2n) is 5.48. The Morgan fingerprint density at radius 1 is 1.10 bits per heavy atom. The standard InChI is InChI=1S/C13H17Cl2N3O2S/c14-9-7-11(15)13(12(16)8-9)21(19,20)18-5-3-17(4-6-18)10-1-2-10/h7-8,10H,1-6,16H2. The van der Waals surface area contributed by atoms with Crippen molar-refractivity contribution in [2.24, 2.45) is 0 Å². The van der Waals surface area contributed by atoms with E-state index in [9.17, 15) is 8.42 Å². The molecule has 0 atom stereocenters. The lowest BCUT2D eigenvalue weighted by atomic mass is 10.3. The molecule has 1 heterocycles. The highest BCUT2D eigenvalue weighted by molar-refractivity contribution is 7.89. The summed E-state index contributed by atoms with van der Waals surface area (Å²) in [4.78, 5) is 2.31. The van der Waals surface area contributed by atoms with E-state index in [4.69, 9.17) is 28.9 Å². The number of hydrogen-bond acceptors (Lipinski definition) is 4. The fraction of sp³-hybridized carbons (Fsp3) is 0.538. The van der Waals surface area contributed by atoms with Gasteiger partial charge in [0, 0.05) is 37.2 Å². The van der Waals surface area contributed by atoms with Crippen molar-refractivity contribution in [1.82, 2.24) is 9.21 Å². The SMILES string of the molecule is Nc1cc(Cl)cc(Cl)c1S(=O)(=O)N1CCN(C2CC2)CC1. The molecule has 1 aliphatic carbocycles. The third-order valence-corrected chi connectivity index (χ3v) is 6.62. The average Bonchev–Trinajstić information content (AvgIpc) is 3.21. The number of benzene rings is 1. The summed E-state index contributed by atoms with van der Waals surface area (Å²) >= 11 is 11.9. The maximum atomic E-state index is 12.7. The van der Waals surface area contributed by atoms with Gasteiger partial charge in [-0.05, 0) is 25.0 Å². The van der Waals surface area contributed by atoms with E-state index in [2.05, 4.69) is 4.90 Å². The van der Waals surface area contributed by atoms with Crippen LogP contribution in [0.15, 0.2) is 17.0 Å². The quantitative estimate of drug-likeness (QED) is 0.848. The molecule has 2 aliphatic rings. The highest BCUT2D eigenvalue weighted by Crippen LogP contribution is 2.34. The average molecular weight is 350 g/mol. The minimum Gasteiger partial charge on any atom is -0.398 e. The molecule has 2 N–H and O–H groups in total. The van der Waals surface area contributed by atoms with Crippen LogP contribution < -0.4 is 5.73 Å². The lowest BCUT2D eigenvalue weighted by molar-refractivity contribution is 0.180. The van der Waals surface area contributed by atoms with Gasteiger partial charge in [0.15, 0.2) is 0 Å². The molecule has 5 nitrogen and oxygen atoms in total. The molecule has 116 valence electrons. The van der Waals surface area contributed by atoms with Crippen molar-refractivity contribution in [3.8, 4) is 0 Å². The van der Waals surface area contributed by atoms with Crippen LogP contribution in [0, 0.1) is 0 Å². The smallest absolute Gasteiger partial charge is 0.246 e. The van der Waals surface area contributed by atoms with Gasteiger partial charge in [0.05, 0.1) is 10.7 Å². The number of nitrogens with zero attached hydrogens (tertiary/aromatic N) is 2. The number of nitrogens with two attached hydrogens (primary N) is 1. The molecule has 1 aromatic rings. The Balaban J connectivity index is 1.84. The van der Waals surface area contributed by atoms with Crippen molar-refractivity contribution in [3.63, 3.8) is 0 Å². The number of anilines is 1. The van der Waals surface area contributed by atoms with Crippen LogP contribution in [-0.2, 0) is 10.0 Å². The van der Waals surface area contributed by atoms with Gasteiger partial charge in [-0.3, -0.25) is 4.90 Å². The first-order valence-electron chi connectivity index (χ1n) is 6.88. The highest BCUT2D eigenvalue weighted by atomic mass is 35.5. The van der Waals surface area contributed by atoms with Gasteiger partial charge in [-0.15, -0.1) is 0 Å². The summed E-state index contributed by atoms with van der Waals surface area (Å²) in [6, 6.07) is 3.48. The van der Waals surface area contributed by atoms with Crippen LogP contribution in [0.1, 0.15) is 12.8 Å². The summed E-state index contributed by atoms with van der Waals surface area (Å²) in [7, 11) is -3.68. The molecule has 1 aromatic carbocycles. The Labute approximate surface area is 134 Å². The van der Waals surface area contributed by atoms with E-state index in [-0.39, 0.29) is 15.6 Å². The highest BCUT2D eigenvalue weighted by Gasteiger charge is 2.36. The Bertz CT molecular complexity index is 630. The van der Waals surface area contributed by atoms with Crippen molar-refractivity contribution < 1.29 is 8.42 Å². The molecule has 0 aromatic heterocycles. The van der Waals surface area contributed by atoms with Gasteiger partial charge >= 0.3 is 0 Å². The molecule has 3 rings (SSSR count). The van der Waals surface area contributed by atoms with Crippen LogP contribution in [0.3, 0.4) is 0 Å².